The summed E-state index contributed by atoms with van der Waals surface area (Å²) < 4.78 is 5.29. The van der Waals surface area contributed by atoms with Gasteiger partial charge < -0.3 is 10.1 Å². The molecule has 0 aliphatic carbocycles. The minimum Gasteiger partial charge on any atom is -0.462 e. The van der Waals surface area contributed by atoms with E-state index in [0.29, 0.717) is 22.5 Å². The topological polar surface area (TPSA) is 68.3 Å². The fraction of sp³-hybridized carbons (Fsp3) is 0.222. The Morgan fingerprint density at radius 2 is 1.67 bits per heavy atom. The molecule has 4 aromatic rings. The van der Waals surface area contributed by atoms with Crippen molar-refractivity contribution in [2.45, 2.75) is 34.1 Å². The lowest BCUT2D eigenvalue weighted by Gasteiger charge is -2.15. The number of nitrogens with zero attached hydrogens (tertiary/aromatic N) is 1. The number of carbonyl (C=O) groups is 2. The molecular formula is C27H26N2O3S. The fourth-order valence-electron chi connectivity index (χ4n) is 4.15. The first-order valence-electron chi connectivity index (χ1n) is 11.0. The van der Waals surface area contributed by atoms with Crippen LogP contribution in [0.4, 0.5) is 5.00 Å². The number of ether oxygens (including phenoxy) is 1. The number of benzene rings is 2. The van der Waals surface area contributed by atoms with E-state index in [1.54, 1.807) is 6.92 Å². The third kappa shape index (κ3) is 4.26. The van der Waals surface area contributed by atoms with E-state index in [4.69, 9.17) is 9.72 Å². The average molecular weight is 459 g/mol. The highest BCUT2D eigenvalue weighted by Crippen LogP contribution is 2.36. The summed E-state index contributed by atoms with van der Waals surface area (Å²) >= 11 is 1.41. The van der Waals surface area contributed by atoms with Crippen molar-refractivity contribution in [2.75, 3.05) is 11.9 Å². The SMILES string of the molecule is CCOC(=O)c1c(NC(=O)c2c(C)c(-c3ccccc3)nc3ccccc23)sc(C)c1CC. The number of pyridine rings is 1. The van der Waals surface area contributed by atoms with Gasteiger partial charge in [-0.1, -0.05) is 55.5 Å². The molecule has 1 N–H and O–H groups in total. The Kier molecular flexibility index (Phi) is 6.56. The summed E-state index contributed by atoms with van der Waals surface area (Å²) in [5.41, 5.74) is 5.17. The number of rotatable bonds is 6. The summed E-state index contributed by atoms with van der Waals surface area (Å²) in [4.78, 5) is 32.3. The summed E-state index contributed by atoms with van der Waals surface area (Å²) in [6.45, 7) is 7.93. The Hall–Kier alpha value is -3.51. The number of fused-ring (bicyclic) bond motifs is 1. The van der Waals surface area contributed by atoms with Crippen LogP contribution in [0.5, 0.6) is 0 Å². The van der Waals surface area contributed by atoms with Gasteiger partial charge in [0.05, 0.1) is 28.9 Å². The summed E-state index contributed by atoms with van der Waals surface area (Å²) in [7, 11) is 0. The van der Waals surface area contributed by atoms with Crippen LogP contribution in [0.3, 0.4) is 0 Å². The first-order valence-corrected chi connectivity index (χ1v) is 11.8. The van der Waals surface area contributed by atoms with Gasteiger partial charge >= 0.3 is 5.97 Å². The number of anilines is 1. The monoisotopic (exact) mass is 458 g/mol. The van der Waals surface area contributed by atoms with Crippen molar-refractivity contribution in [2.24, 2.45) is 0 Å². The fourth-order valence-corrected chi connectivity index (χ4v) is 5.28. The first-order chi connectivity index (χ1) is 16.0. The van der Waals surface area contributed by atoms with Crippen molar-refractivity contribution in [1.29, 1.82) is 0 Å². The number of hydrogen-bond donors (Lipinski definition) is 1. The van der Waals surface area contributed by atoms with Gasteiger partial charge in [0.2, 0.25) is 0 Å². The molecule has 0 radical (unpaired) electrons. The highest BCUT2D eigenvalue weighted by atomic mass is 32.1. The molecule has 0 atom stereocenters. The molecule has 1 amide bonds. The highest BCUT2D eigenvalue weighted by Gasteiger charge is 2.25. The van der Waals surface area contributed by atoms with Crippen molar-refractivity contribution < 1.29 is 14.3 Å². The van der Waals surface area contributed by atoms with E-state index >= 15 is 0 Å². The molecule has 2 aromatic carbocycles. The van der Waals surface area contributed by atoms with Crippen LogP contribution in [-0.4, -0.2) is 23.5 Å². The van der Waals surface area contributed by atoms with Gasteiger partial charge in [0, 0.05) is 15.8 Å². The lowest BCUT2D eigenvalue weighted by Crippen LogP contribution is -2.17. The van der Waals surface area contributed by atoms with Crippen LogP contribution < -0.4 is 5.32 Å². The number of esters is 1. The molecule has 0 spiro atoms. The molecule has 0 saturated carbocycles. The van der Waals surface area contributed by atoms with Gasteiger partial charge in [0.25, 0.3) is 5.91 Å². The maximum atomic E-state index is 13.7. The Morgan fingerprint density at radius 3 is 2.36 bits per heavy atom. The van der Waals surface area contributed by atoms with Crippen molar-refractivity contribution >= 4 is 39.1 Å². The Morgan fingerprint density at radius 1 is 0.970 bits per heavy atom. The van der Waals surface area contributed by atoms with Crippen molar-refractivity contribution in [3.05, 3.63) is 81.7 Å². The number of amides is 1. The lowest BCUT2D eigenvalue weighted by molar-refractivity contribution is 0.0527. The number of hydrogen-bond acceptors (Lipinski definition) is 5. The van der Waals surface area contributed by atoms with Crippen LogP contribution in [-0.2, 0) is 11.2 Å². The maximum Gasteiger partial charge on any atom is 0.341 e. The van der Waals surface area contributed by atoms with Crippen LogP contribution in [0.2, 0.25) is 0 Å². The Balaban J connectivity index is 1.85. The van der Waals surface area contributed by atoms with E-state index < -0.39 is 5.97 Å². The predicted octanol–water partition coefficient (Wildman–Crippen LogP) is 6.57. The van der Waals surface area contributed by atoms with E-state index in [0.717, 1.165) is 38.2 Å². The van der Waals surface area contributed by atoms with Crippen LogP contribution in [0.15, 0.2) is 54.6 Å². The molecule has 6 heteroatoms. The number of aryl methyl sites for hydroxylation is 1. The van der Waals surface area contributed by atoms with Crippen molar-refractivity contribution in [3.8, 4) is 11.3 Å². The molecule has 0 saturated heterocycles. The Labute approximate surface area is 197 Å². The van der Waals surface area contributed by atoms with E-state index in [1.807, 2.05) is 75.4 Å². The number of nitrogens with one attached hydrogen (secondary N) is 1. The van der Waals surface area contributed by atoms with E-state index in [9.17, 15) is 9.59 Å². The maximum absolute atomic E-state index is 13.7. The van der Waals surface area contributed by atoms with E-state index in [1.165, 1.54) is 11.3 Å². The van der Waals surface area contributed by atoms with Gasteiger partial charge in [-0.2, -0.15) is 0 Å². The van der Waals surface area contributed by atoms with Gasteiger partial charge in [-0.05, 0) is 44.4 Å². The van der Waals surface area contributed by atoms with Gasteiger partial charge in [-0.15, -0.1) is 11.3 Å². The summed E-state index contributed by atoms with van der Waals surface area (Å²) in [5.74, 6) is -0.673. The molecule has 4 rings (SSSR count). The molecule has 2 aromatic heterocycles. The molecule has 0 fully saturated rings. The molecule has 0 aliphatic heterocycles. The number of thiophene rings is 1. The van der Waals surface area contributed by atoms with E-state index in [2.05, 4.69) is 5.32 Å². The number of aromatic nitrogens is 1. The van der Waals surface area contributed by atoms with Crippen LogP contribution in [0.25, 0.3) is 22.2 Å². The zero-order valence-electron chi connectivity index (χ0n) is 19.2. The summed E-state index contributed by atoms with van der Waals surface area (Å²) in [6, 6.07) is 17.5. The zero-order chi connectivity index (χ0) is 23.5. The van der Waals surface area contributed by atoms with Gasteiger partial charge in [0.1, 0.15) is 5.00 Å². The third-order valence-electron chi connectivity index (χ3n) is 5.68. The van der Waals surface area contributed by atoms with Gasteiger partial charge in [0.15, 0.2) is 0 Å². The lowest BCUT2D eigenvalue weighted by atomic mass is 9.97. The third-order valence-corrected chi connectivity index (χ3v) is 6.74. The first kappa shape index (κ1) is 22.7. The van der Waals surface area contributed by atoms with Crippen molar-refractivity contribution in [1.82, 2.24) is 4.98 Å². The second-order valence-electron chi connectivity index (χ2n) is 7.71. The van der Waals surface area contributed by atoms with Crippen LogP contribution >= 0.6 is 11.3 Å². The highest BCUT2D eigenvalue weighted by molar-refractivity contribution is 7.16. The minimum absolute atomic E-state index is 0.266. The molecule has 33 heavy (non-hydrogen) atoms. The predicted molar refractivity (Wildman–Crippen MR) is 134 cm³/mol. The molecule has 168 valence electrons. The van der Waals surface area contributed by atoms with E-state index in [-0.39, 0.29) is 12.5 Å². The van der Waals surface area contributed by atoms with Crippen LogP contribution in [0.1, 0.15) is 50.6 Å². The standard InChI is InChI=1S/C27H26N2O3S/c1-5-19-17(4)33-26(23(19)27(31)32-6-2)29-25(30)22-16(3)24(18-12-8-7-9-13-18)28-21-15-11-10-14-20(21)22/h7-15H,5-6H2,1-4H3,(H,29,30). The van der Waals surface area contributed by atoms with Crippen molar-refractivity contribution in [3.63, 3.8) is 0 Å². The second kappa shape index (κ2) is 9.55. The second-order valence-corrected chi connectivity index (χ2v) is 8.94. The molecular weight excluding hydrogens is 432 g/mol. The minimum atomic E-state index is -0.407. The summed E-state index contributed by atoms with van der Waals surface area (Å²) in [5, 5.41) is 4.32. The Bertz CT molecular complexity index is 1340. The molecule has 5 nitrogen and oxygen atoms in total. The molecule has 0 unspecified atom stereocenters. The number of carbonyl (C=O) groups excluding carboxylic acids is 2. The molecule has 0 aliphatic rings. The smallest absolute Gasteiger partial charge is 0.341 e. The van der Waals surface area contributed by atoms with Gasteiger partial charge in [-0.25, -0.2) is 9.78 Å². The van der Waals surface area contributed by atoms with Gasteiger partial charge in [-0.3, -0.25) is 4.79 Å². The largest absolute Gasteiger partial charge is 0.462 e. The van der Waals surface area contributed by atoms with Crippen LogP contribution in [0, 0.1) is 13.8 Å². The zero-order valence-corrected chi connectivity index (χ0v) is 20.0. The normalized spacial score (nSPS) is 10.9. The number of para-hydroxylation sites is 1. The quantitative estimate of drug-likeness (QED) is 0.332. The molecule has 2 heterocycles. The average Bonchev–Trinajstić information content (AvgIpc) is 3.13. The molecule has 0 bridgehead atoms. The summed E-state index contributed by atoms with van der Waals surface area (Å²) in [6.07, 6.45) is 0.682.